The van der Waals surface area contributed by atoms with Gasteiger partial charge in [0, 0.05) is 0 Å². The standard InChI is InChI=1S/C13H15NO4S/c1-13(2,9-14)7-8-19(17,18)11-6-4-3-5-10(11)12(15)16/h3-6H,7-8H2,1-2H3,(H,15,16). The second-order valence-electron chi connectivity index (χ2n) is 4.87. The molecule has 0 heterocycles. The molecule has 0 unspecified atom stereocenters. The molecule has 5 nitrogen and oxygen atoms in total. The minimum atomic E-state index is -3.71. The number of nitriles is 1. The van der Waals surface area contributed by atoms with E-state index in [1.54, 1.807) is 13.8 Å². The van der Waals surface area contributed by atoms with Crippen molar-refractivity contribution in [3.05, 3.63) is 29.8 Å². The number of nitrogens with zero attached hydrogens (tertiary/aromatic N) is 1. The second kappa shape index (κ2) is 5.41. The molecule has 0 atom stereocenters. The molecule has 0 spiro atoms. The summed E-state index contributed by atoms with van der Waals surface area (Å²) in [6.45, 7) is 3.29. The van der Waals surface area contributed by atoms with Gasteiger partial charge in [0.2, 0.25) is 0 Å². The first kappa shape index (κ1) is 15.2. The van der Waals surface area contributed by atoms with E-state index < -0.39 is 21.2 Å². The Kier molecular flexibility index (Phi) is 4.32. The Morgan fingerprint density at radius 3 is 2.47 bits per heavy atom. The molecule has 6 heteroatoms. The summed E-state index contributed by atoms with van der Waals surface area (Å²) in [6, 6.07) is 7.51. The van der Waals surface area contributed by atoms with E-state index in [0.717, 1.165) is 0 Å². The highest BCUT2D eigenvalue weighted by Crippen LogP contribution is 2.24. The molecule has 1 N–H and O–H groups in total. The number of carbonyl (C=O) groups is 1. The SMILES string of the molecule is CC(C)(C#N)CCS(=O)(=O)c1ccccc1C(=O)O. The van der Waals surface area contributed by atoms with Gasteiger partial charge in [-0.2, -0.15) is 5.26 Å². The van der Waals surface area contributed by atoms with E-state index in [1.807, 2.05) is 6.07 Å². The van der Waals surface area contributed by atoms with Crippen LogP contribution in [0.3, 0.4) is 0 Å². The molecule has 19 heavy (non-hydrogen) atoms. The maximum atomic E-state index is 12.1. The summed E-state index contributed by atoms with van der Waals surface area (Å²) in [5, 5.41) is 17.9. The smallest absolute Gasteiger partial charge is 0.337 e. The molecule has 0 amide bonds. The highest BCUT2D eigenvalue weighted by molar-refractivity contribution is 7.91. The highest BCUT2D eigenvalue weighted by Gasteiger charge is 2.25. The zero-order chi connectivity index (χ0) is 14.7. The van der Waals surface area contributed by atoms with Crippen LogP contribution in [0.25, 0.3) is 0 Å². The average Bonchev–Trinajstić information content (AvgIpc) is 2.37. The van der Waals surface area contributed by atoms with E-state index in [-0.39, 0.29) is 22.6 Å². The van der Waals surface area contributed by atoms with Crippen molar-refractivity contribution in [2.24, 2.45) is 5.41 Å². The van der Waals surface area contributed by atoms with Crippen LogP contribution >= 0.6 is 0 Å². The molecule has 1 aromatic rings. The summed E-state index contributed by atoms with van der Waals surface area (Å²) in [6.07, 6.45) is 0.153. The van der Waals surface area contributed by atoms with Crippen molar-refractivity contribution in [2.45, 2.75) is 25.2 Å². The fraction of sp³-hybridized carbons (Fsp3) is 0.385. The van der Waals surface area contributed by atoms with Gasteiger partial charge < -0.3 is 5.11 Å². The summed E-state index contributed by atoms with van der Waals surface area (Å²) in [5.41, 5.74) is -0.997. The zero-order valence-corrected chi connectivity index (χ0v) is 11.6. The molecule has 1 rings (SSSR count). The first-order valence-corrected chi connectivity index (χ1v) is 7.31. The van der Waals surface area contributed by atoms with Gasteiger partial charge in [0.05, 0.1) is 27.7 Å². The van der Waals surface area contributed by atoms with E-state index in [2.05, 4.69) is 0 Å². The average molecular weight is 281 g/mol. The van der Waals surface area contributed by atoms with Gasteiger partial charge in [-0.05, 0) is 32.4 Å². The molecule has 0 aliphatic heterocycles. The van der Waals surface area contributed by atoms with Gasteiger partial charge in [0.15, 0.2) is 9.84 Å². The first-order valence-electron chi connectivity index (χ1n) is 5.66. The van der Waals surface area contributed by atoms with Crippen LogP contribution in [0, 0.1) is 16.7 Å². The van der Waals surface area contributed by atoms with E-state index in [9.17, 15) is 13.2 Å². The van der Waals surface area contributed by atoms with Crippen LogP contribution in [0.1, 0.15) is 30.6 Å². The Morgan fingerprint density at radius 2 is 1.95 bits per heavy atom. The maximum Gasteiger partial charge on any atom is 0.337 e. The third-order valence-corrected chi connectivity index (χ3v) is 4.52. The van der Waals surface area contributed by atoms with Crippen molar-refractivity contribution >= 4 is 15.8 Å². The Balaban J connectivity index is 3.09. The number of carboxylic acids is 1. The van der Waals surface area contributed by atoms with Gasteiger partial charge in [-0.15, -0.1) is 0 Å². The lowest BCUT2D eigenvalue weighted by molar-refractivity contribution is 0.0692. The molecule has 0 fully saturated rings. The summed E-state index contributed by atoms with van der Waals surface area (Å²) < 4.78 is 24.3. The fourth-order valence-electron chi connectivity index (χ4n) is 1.47. The number of hydrogen-bond acceptors (Lipinski definition) is 4. The molecule has 1 aromatic carbocycles. The zero-order valence-electron chi connectivity index (χ0n) is 10.8. The molecule has 0 aliphatic rings. The van der Waals surface area contributed by atoms with Gasteiger partial charge in [-0.3, -0.25) is 0 Å². The summed E-state index contributed by atoms with van der Waals surface area (Å²) >= 11 is 0. The van der Waals surface area contributed by atoms with Gasteiger partial charge in [-0.1, -0.05) is 12.1 Å². The second-order valence-corrected chi connectivity index (χ2v) is 6.94. The molecule has 0 bridgehead atoms. The molecule has 0 aromatic heterocycles. The number of benzene rings is 1. The van der Waals surface area contributed by atoms with E-state index in [0.29, 0.717) is 0 Å². The van der Waals surface area contributed by atoms with Crippen molar-refractivity contribution in [2.75, 3.05) is 5.75 Å². The topological polar surface area (TPSA) is 95.2 Å². The van der Waals surface area contributed by atoms with Crippen LogP contribution < -0.4 is 0 Å². The predicted octanol–water partition coefficient (Wildman–Crippen LogP) is 2.10. The third kappa shape index (κ3) is 3.80. The normalized spacial score (nSPS) is 11.8. The van der Waals surface area contributed by atoms with Gasteiger partial charge in [0.25, 0.3) is 0 Å². The van der Waals surface area contributed by atoms with Crippen molar-refractivity contribution in [1.29, 1.82) is 5.26 Å². The molecule has 0 radical (unpaired) electrons. The van der Waals surface area contributed by atoms with Crippen LogP contribution in [-0.4, -0.2) is 25.2 Å². The minimum Gasteiger partial charge on any atom is -0.478 e. The van der Waals surface area contributed by atoms with Crippen molar-refractivity contribution in [3.63, 3.8) is 0 Å². The van der Waals surface area contributed by atoms with Gasteiger partial charge in [-0.25, -0.2) is 13.2 Å². The fourth-order valence-corrected chi connectivity index (χ4v) is 3.25. The quantitative estimate of drug-likeness (QED) is 0.891. The summed E-state index contributed by atoms with van der Waals surface area (Å²) in [4.78, 5) is 10.8. The number of aromatic carboxylic acids is 1. The monoisotopic (exact) mass is 281 g/mol. The van der Waals surface area contributed by atoms with Crippen molar-refractivity contribution in [1.82, 2.24) is 0 Å². The van der Waals surface area contributed by atoms with Crippen molar-refractivity contribution in [3.8, 4) is 6.07 Å². The van der Waals surface area contributed by atoms with E-state index in [4.69, 9.17) is 10.4 Å². The third-order valence-electron chi connectivity index (χ3n) is 2.75. The number of sulfone groups is 1. The molecular formula is C13H15NO4S. The van der Waals surface area contributed by atoms with Crippen LogP contribution in [0.4, 0.5) is 0 Å². The van der Waals surface area contributed by atoms with Crippen LogP contribution in [0.2, 0.25) is 0 Å². The van der Waals surface area contributed by atoms with Crippen LogP contribution in [-0.2, 0) is 9.84 Å². The van der Waals surface area contributed by atoms with Gasteiger partial charge in [0.1, 0.15) is 0 Å². The number of rotatable bonds is 5. The number of carboxylic acid groups (broad SMARTS) is 1. The lowest BCUT2D eigenvalue weighted by Gasteiger charge is -2.15. The highest BCUT2D eigenvalue weighted by atomic mass is 32.2. The molecule has 0 saturated heterocycles. The molecule has 0 aliphatic carbocycles. The molecule has 0 saturated carbocycles. The Hall–Kier alpha value is -1.87. The lowest BCUT2D eigenvalue weighted by atomic mass is 9.93. The largest absolute Gasteiger partial charge is 0.478 e. The summed E-state index contributed by atoms with van der Waals surface area (Å²) in [5.74, 6) is -1.53. The predicted molar refractivity (Wildman–Crippen MR) is 69.5 cm³/mol. The van der Waals surface area contributed by atoms with Crippen LogP contribution in [0.15, 0.2) is 29.2 Å². The van der Waals surface area contributed by atoms with Crippen LogP contribution in [0.5, 0.6) is 0 Å². The molecular weight excluding hydrogens is 266 g/mol. The first-order chi connectivity index (χ1) is 8.69. The Bertz CT molecular complexity index is 626. The molecule has 102 valence electrons. The van der Waals surface area contributed by atoms with E-state index in [1.165, 1.54) is 24.3 Å². The Morgan fingerprint density at radius 1 is 1.37 bits per heavy atom. The summed E-state index contributed by atoms with van der Waals surface area (Å²) in [7, 11) is -3.71. The number of hydrogen-bond donors (Lipinski definition) is 1. The van der Waals surface area contributed by atoms with Crippen molar-refractivity contribution < 1.29 is 18.3 Å². The minimum absolute atomic E-state index is 0.153. The Labute approximate surface area is 112 Å². The van der Waals surface area contributed by atoms with Gasteiger partial charge >= 0.3 is 5.97 Å². The lowest BCUT2D eigenvalue weighted by Crippen LogP contribution is -2.18. The maximum absolute atomic E-state index is 12.1. The van der Waals surface area contributed by atoms with E-state index >= 15 is 0 Å².